The van der Waals surface area contributed by atoms with Crippen LogP contribution in [0.5, 0.6) is 0 Å². The van der Waals surface area contributed by atoms with Crippen LogP contribution in [0.25, 0.3) is 0 Å². The van der Waals surface area contributed by atoms with Gasteiger partial charge in [0.25, 0.3) is 5.91 Å². The summed E-state index contributed by atoms with van der Waals surface area (Å²) in [7, 11) is 0. The summed E-state index contributed by atoms with van der Waals surface area (Å²) in [5, 5.41) is 0.531. The Morgan fingerprint density at radius 2 is 1.83 bits per heavy atom. The van der Waals surface area contributed by atoms with E-state index in [4.69, 9.17) is 11.6 Å². The van der Waals surface area contributed by atoms with Crippen LogP contribution in [0, 0.1) is 0 Å². The van der Waals surface area contributed by atoms with E-state index in [1.54, 1.807) is 46.0 Å². The van der Waals surface area contributed by atoms with Crippen LogP contribution in [0.2, 0.25) is 5.02 Å². The lowest BCUT2D eigenvalue weighted by molar-refractivity contribution is -0.138. The number of halogens is 4. The van der Waals surface area contributed by atoms with Crippen LogP contribution < -0.4 is 0 Å². The third-order valence-electron chi connectivity index (χ3n) is 4.56. The van der Waals surface area contributed by atoms with Gasteiger partial charge < -0.3 is 9.47 Å². The third kappa shape index (κ3) is 4.98. The number of carbonyl (C=O) groups excluding carboxylic acids is 1. The van der Waals surface area contributed by atoms with Crippen LogP contribution in [-0.2, 0) is 19.3 Å². The van der Waals surface area contributed by atoms with E-state index < -0.39 is 11.7 Å². The highest BCUT2D eigenvalue weighted by Crippen LogP contribution is 2.32. The molecule has 0 saturated carbocycles. The molecule has 2 aromatic carbocycles. The molecule has 0 spiro atoms. The van der Waals surface area contributed by atoms with Gasteiger partial charge in [-0.2, -0.15) is 13.2 Å². The molecule has 0 radical (unpaired) electrons. The molecule has 0 atom stereocenters. The number of hydrogen-bond acceptors (Lipinski definition) is 2. The summed E-state index contributed by atoms with van der Waals surface area (Å²) in [6.45, 7) is 2.45. The number of hydrogen-bond donors (Lipinski definition) is 0. The van der Waals surface area contributed by atoms with Crippen LogP contribution in [0.3, 0.4) is 0 Å². The highest BCUT2D eigenvalue weighted by molar-refractivity contribution is 6.30. The molecular weight excluding hydrogens is 403 g/mol. The Kier molecular flexibility index (Phi) is 6.27. The summed E-state index contributed by atoms with van der Waals surface area (Å²) in [6, 6.07) is 12.0. The number of aromatic nitrogens is 2. The standard InChI is InChI=1S/C21H19ClF3N3O/c1-2-27(20(29)15-7-9-17(22)10-8-15)14-19-26-11-12-28(19)13-16-5-3-4-6-18(16)21(23,24)25/h3-12H,2,13-14H2,1H3. The van der Waals surface area contributed by atoms with E-state index in [0.29, 0.717) is 23.0 Å². The van der Waals surface area contributed by atoms with Gasteiger partial charge in [0.15, 0.2) is 0 Å². The summed E-state index contributed by atoms with van der Waals surface area (Å²) < 4.78 is 41.5. The Morgan fingerprint density at radius 1 is 1.14 bits per heavy atom. The number of rotatable bonds is 6. The molecule has 4 nitrogen and oxygen atoms in total. The second-order valence-corrected chi connectivity index (χ2v) is 6.89. The maximum atomic E-state index is 13.3. The van der Waals surface area contributed by atoms with Gasteiger partial charge in [-0.15, -0.1) is 0 Å². The second-order valence-electron chi connectivity index (χ2n) is 6.45. The van der Waals surface area contributed by atoms with Crippen LogP contribution in [0.1, 0.15) is 34.2 Å². The van der Waals surface area contributed by atoms with Crippen molar-refractivity contribution in [2.45, 2.75) is 26.2 Å². The van der Waals surface area contributed by atoms with E-state index in [9.17, 15) is 18.0 Å². The van der Waals surface area contributed by atoms with Gasteiger partial charge in [0.2, 0.25) is 0 Å². The molecule has 1 aromatic heterocycles. The average molecular weight is 422 g/mol. The Bertz CT molecular complexity index is 983. The molecule has 1 heterocycles. The largest absolute Gasteiger partial charge is 0.416 e. The van der Waals surface area contributed by atoms with Crippen molar-refractivity contribution in [2.75, 3.05) is 6.54 Å². The summed E-state index contributed by atoms with van der Waals surface area (Å²) in [5.74, 6) is 0.306. The normalized spacial score (nSPS) is 11.5. The Morgan fingerprint density at radius 3 is 2.48 bits per heavy atom. The highest BCUT2D eigenvalue weighted by Gasteiger charge is 2.33. The van der Waals surface area contributed by atoms with E-state index in [2.05, 4.69) is 4.98 Å². The molecule has 0 saturated heterocycles. The minimum atomic E-state index is -4.43. The smallest absolute Gasteiger partial charge is 0.331 e. The van der Waals surface area contributed by atoms with Crippen LogP contribution in [0.4, 0.5) is 13.2 Å². The first-order chi connectivity index (χ1) is 13.8. The molecule has 0 aliphatic rings. The number of benzene rings is 2. The third-order valence-corrected chi connectivity index (χ3v) is 4.81. The first kappa shape index (κ1) is 20.9. The molecule has 0 bridgehead atoms. The van der Waals surface area contributed by atoms with Crippen molar-refractivity contribution in [3.8, 4) is 0 Å². The van der Waals surface area contributed by atoms with Gasteiger partial charge in [-0.3, -0.25) is 4.79 Å². The summed E-state index contributed by atoms with van der Waals surface area (Å²) >= 11 is 5.87. The van der Waals surface area contributed by atoms with Crippen molar-refractivity contribution < 1.29 is 18.0 Å². The maximum Gasteiger partial charge on any atom is 0.416 e. The fourth-order valence-corrected chi connectivity index (χ4v) is 3.15. The monoisotopic (exact) mass is 421 g/mol. The minimum Gasteiger partial charge on any atom is -0.331 e. The summed E-state index contributed by atoms with van der Waals surface area (Å²) in [6.07, 6.45) is -1.30. The lowest BCUT2D eigenvalue weighted by atomic mass is 10.1. The van der Waals surface area contributed by atoms with Crippen molar-refractivity contribution >= 4 is 17.5 Å². The zero-order chi connectivity index (χ0) is 21.0. The summed E-state index contributed by atoms with van der Waals surface area (Å²) in [4.78, 5) is 18.6. The van der Waals surface area contributed by atoms with E-state index in [1.807, 2.05) is 6.92 Å². The molecule has 8 heteroatoms. The number of nitrogens with zero attached hydrogens (tertiary/aromatic N) is 3. The predicted octanol–water partition coefficient (Wildman–Crippen LogP) is 5.27. The number of carbonyl (C=O) groups is 1. The molecule has 3 rings (SSSR count). The molecule has 0 fully saturated rings. The van der Waals surface area contributed by atoms with Gasteiger partial charge in [-0.25, -0.2) is 4.98 Å². The molecule has 0 unspecified atom stereocenters. The highest BCUT2D eigenvalue weighted by atomic mass is 35.5. The fraction of sp³-hybridized carbons (Fsp3) is 0.238. The predicted molar refractivity (Wildman–Crippen MR) is 105 cm³/mol. The summed E-state index contributed by atoms with van der Waals surface area (Å²) in [5.41, 5.74) is -0.0488. The molecule has 29 heavy (non-hydrogen) atoms. The van der Waals surface area contributed by atoms with Crippen LogP contribution in [-0.4, -0.2) is 26.9 Å². The van der Waals surface area contributed by atoms with Gasteiger partial charge >= 0.3 is 6.18 Å². The molecule has 1 amide bonds. The zero-order valence-corrected chi connectivity index (χ0v) is 16.4. The Balaban J connectivity index is 1.81. The number of alkyl halides is 3. The average Bonchev–Trinajstić information content (AvgIpc) is 3.12. The lowest BCUT2D eigenvalue weighted by Gasteiger charge is -2.22. The van der Waals surface area contributed by atoms with Gasteiger partial charge in [-0.05, 0) is 42.8 Å². The first-order valence-corrected chi connectivity index (χ1v) is 9.37. The SMILES string of the molecule is CCN(Cc1nccn1Cc1ccccc1C(F)(F)F)C(=O)c1ccc(Cl)cc1. The van der Waals surface area contributed by atoms with E-state index in [0.717, 1.165) is 6.07 Å². The van der Waals surface area contributed by atoms with Crippen molar-refractivity contribution in [1.82, 2.24) is 14.5 Å². The molecular formula is C21H19ClF3N3O. The molecule has 0 aliphatic carbocycles. The van der Waals surface area contributed by atoms with Gasteiger partial charge in [0.1, 0.15) is 5.82 Å². The van der Waals surface area contributed by atoms with Gasteiger partial charge in [0.05, 0.1) is 12.1 Å². The van der Waals surface area contributed by atoms with E-state index in [1.165, 1.54) is 18.3 Å². The van der Waals surface area contributed by atoms with Crippen molar-refractivity contribution in [3.05, 3.63) is 88.5 Å². The van der Waals surface area contributed by atoms with Crippen LogP contribution >= 0.6 is 11.6 Å². The van der Waals surface area contributed by atoms with Gasteiger partial charge in [0, 0.05) is 36.1 Å². The number of imidazole rings is 1. The Labute approximate surface area is 171 Å². The van der Waals surface area contributed by atoms with E-state index in [-0.39, 0.29) is 24.6 Å². The van der Waals surface area contributed by atoms with Gasteiger partial charge in [-0.1, -0.05) is 29.8 Å². The molecule has 152 valence electrons. The fourth-order valence-electron chi connectivity index (χ4n) is 3.03. The molecule has 0 aliphatic heterocycles. The van der Waals surface area contributed by atoms with E-state index >= 15 is 0 Å². The first-order valence-electron chi connectivity index (χ1n) is 8.99. The zero-order valence-electron chi connectivity index (χ0n) is 15.7. The molecule has 0 N–H and O–H groups in total. The maximum absolute atomic E-state index is 13.3. The molecule has 3 aromatic rings. The van der Waals surface area contributed by atoms with Crippen molar-refractivity contribution in [2.24, 2.45) is 0 Å². The quantitative estimate of drug-likeness (QED) is 0.544. The topological polar surface area (TPSA) is 38.1 Å². The van der Waals surface area contributed by atoms with Crippen LogP contribution in [0.15, 0.2) is 60.9 Å². The minimum absolute atomic E-state index is 0.0116. The van der Waals surface area contributed by atoms with Crippen molar-refractivity contribution in [3.63, 3.8) is 0 Å². The second kappa shape index (κ2) is 8.69. The van der Waals surface area contributed by atoms with Crippen molar-refractivity contribution in [1.29, 1.82) is 0 Å². The lowest BCUT2D eigenvalue weighted by Crippen LogP contribution is -2.31. The number of amides is 1. The Hall–Kier alpha value is -2.80.